The van der Waals surface area contributed by atoms with Crippen molar-refractivity contribution in [1.29, 1.82) is 0 Å². The summed E-state index contributed by atoms with van der Waals surface area (Å²) in [6, 6.07) is 0. The van der Waals surface area contributed by atoms with Crippen molar-refractivity contribution in [1.82, 2.24) is 4.84 Å². The van der Waals surface area contributed by atoms with Gasteiger partial charge >= 0.3 is 5.97 Å². The summed E-state index contributed by atoms with van der Waals surface area (Å²) < 4.78 is 4.53. The van der Waals surface area contributed by atoms with Gasteiger partial charge in [-0.1, -0.05) is 19.3 Å². The zero-order valence-electron chi connectivity index (χ0n) is 8.14. The van der Waals surface area contributed by atoms with Crippen LogP contribution >= 0.6 is 11.8 Å². The molecule has 0 fully saturated rings. The van der Waals surface area contributed by atoms with E-state index in [1.807, 2.05) is 0 Å². The van der Waals surface area contributed by atoms with E-state index in [0.717, 1.165) is 32.2 Å². The number of carbonyl (C=O) groups excluding carboxylic acids is 1. The molecule has 0 aliphatic carbocycles. The number of ether oxygens (including phenoxy) is 1. The first-order chi connectivity index (χ1) is 6.31. The molecule has 0 aliphatic heterocycles. The van der Waals surface area contributed by atoms with Gasteiger partial charge in [0.25, 0.3) is 0 Å². The van der Waals surface area contributed by atoms with E-state index in [1.54, 1.807) is 0 Å². The molecule has 3 nitrogen and oxygen atoms in total. The molecule has 0 radical (unpaired) electrons. The average molecular weight is 208 g/mol. The molecular weight excluding hydrogens is 190 g/mol. The Bertz CT molecular complexity index is 131. The van der Waals surface area contributed by atoms with Gasteiger partial charge in [0.15, 0.2) is 0 Å². The molecule has 0 atom stereocenters. The van der Waals surface area contributed by atoms with Gasteiger partial charge in [-0.05, 0) is 24.6 Å². The Balaban J connectivity index is 2.95. The molecule has 0 aliphatic rings. The summed E-state index contributed by atoms with van der Waals surface area (Å²) in [6.07, 6.45) is 6.00. The third kappa shape index (κ3) is 9.64. The van der Waals surface area contributed by atoms with E-state index in [-0.39, 0.29) is 5.97 Å². The maximum Gasteiger partial charge on any atom is 0.305 e. The summed E-state index contributed by atoms with van der Waals surface area (Å²) in [7, 11) is 1.43. The van der Waals surface area contributed by atoms with E-state index in [4.69, 9.17) is 11.8 Å². The number of nitrogens with one attached hydrogen (secondary N) is 1. The van der Waals surface area contributed by atoms with Gasteiger partial charge in [-0.2, -0.15) is 0 Å². The molecule has 1 N–H and O–H groups in total. The van der Waals surface area contributed by atoms with Gasteiger partial charge in [-0.25, -0.2) is 4.84 Å². The summed E-state index contributed by atoms with van der Waals surface area (Å²) in [6.45, 7) is 0.860. The van der Waals surface area contributed by atoms with Crippen LogP contribution in [0.15, 0.2) is 0 Å². The molecule has 13 heavy (non-hydrogen) atoms. The molecule has 0 rings (SSSR count). The van der Waals surface area contributed by atoms with Crippen LogP contribution in [0.3, 0.4) is 0 Å². The van der Waals surface area contributed by atoms with Crippen LogP contribution < -0.4 is 4.84 Å². The van der Waals surface area contributed by atoms with Crippen LogP contribution in [0.4, 0.5) is 0 Å². The van der Waals surface area contributed by atoms with E-state index in [1.165, 1.54) is 13.5 Å². The molecule has 78 valence electrons. The van der Waals surface area contributed by atoms with Gasteiger partial charge in [-0.15, -0.1) is 0 Å². The van der Waals surface area contributed by atoms with Crippen LogP contribution in [0.25, 0.3) is 0 Å². The maximum absolute atomic E-state index is 10.7. The van der Waals surface area contributed by atoms with Crippen molar-refractivity contribution in [3.8, 4) is 0 Å². The molecule has 0 bridgehead atoms. The largest absolute Gasteiger partial charge is 0.469 e. The number of carbonyl (C=O) groups is 1. The standard InChI is InChI=1S/C9H18ClNO2/c1-13-9(12)7-5-3-2-4-6-8-11-10/h11H,2-8H2,1H3. The van der Waals surface area contributed by atoms with Crippen LogP contribution in [0.2, 0.25) is 0 Å². The highest BCUT2D eigenvalue weighted by atomic mass is 35.5. The van der Waals surface area contributed by atoms with E-state index in [2.05, 4.69) is 9.57 Å². The fourth-order valence-electron chi connectivity index (χ4n) is 1.09. The van der Waals surface area contributed by atoms with Crippen LogP contribution in [0.5, 0.6) is 0 Å². The van der Waals surface area contributed by atoms with Crippen LogP contribution in [-0.2, 0) is 9.53 Å². The highest BCUT2D eigenvalue weighted by Gasteiger charge is 1.98. The number of hydrogen-bond acceptors (Lipinski definition) is 3. The predicted octanol–water partition coefficient (Wildman–Crippen LogP) is 2.24. The van der Waals surface area contributed by atoms with Crippen molar-refractivity contribution in [2.24, 2.45) is 0 Å². The molecule has 0 amide bonds. The maximum atomic E-state index is 10.7. The minimum Gasteiger partial charge on any atom is -0.469 e. The number of methoxy groups -OCH3 is 1. The molecule has 0 heterocycles. The first-order valence-corrected chi connectivity index (χ1v) is 5.09. The molecule has 0 spiro atoms. The molecule has 0 saturated heterocycles. The third-order valence-electron chi connectivity index (χ3n) is 1.88. The van der Waals surface area contributed by atoms with Crippen LogP contribution in [0, 0.1) is 0 Å². The second-order valence-electron chi connectivity index (χ2n) is 2.98. The van der Waals surface area contributed by atoms with E-state index < -0.39 is 0 Å². The summed E-state index contributed by atoms with van der Waals surface area (Å²) in [5.41, 5.74) is 0. The highest BCUT2D eigenvalue weighted by molar-refractivity contribution is 6.13. The lowest BCUT2D eigenvalue weighted by molar-refractivity contribution is -0.140. The lowest BCUT2D eigenvalue weighted by Crippen LogP contribution is -2.01. The van der Waals surface area contributed by atoms with Gasteiger partial charge in [-0.3, -0.25) is 4.79 Å². The number of esters is 1. The van der Waals surface area contributed by atoms with Gasteiger partial charge < -0.3 is 4.74 Å². The van der Waals surface area contributed by atoms with Crippen LogP contribution in [0.1, 0.15) is 38.5 Å². The molecule has 0 aromatic heterocycles. The first kappa shape index (κ1) is 12.7. The lowest BCUT2D eigenvalue weighted by atomic mass is 10.1. The summed E-state index contributed by atoms with van der Waals surface area (Å²) >= 11 is 5.29. The predicted molar refractivity (Wildman–Crippen MR) is 53.6 cm³/mol. The normalized spacial score (nSPS) is 10.0. The minimum absolute atomic E-state index is 0.109. The third-order valence-corrected chi connectivity index (χ3v) is 2.07. The molecule has 0 saturated carbocycles. The number of rotatable bonds is 8. The topological polar surface area (TPSA) is 38.3 Å². The Hall–Kier alpha value is -0.280. The minimum atomic E-state index is -0.109. The molecule has 4 heteroatoms. The Kier molecular flexibility index (Phi) is 9.59. The Morgan fingerprint density at radius 1 is 1.23 bits per heavy atom. The van der Waals surface area contributed by atoms with Crippen molar-refractivity contribution in [3.63, 3.8) is 0 Å². The summed E-state index contributed by atoms with van der Waals surface area (Å²) in [5.74, 6) is -0.109. The van der Waals surface area contributed by atoms with Gasteiger partial charge in [0.1, 0.15) is 0 Å². The van der Waals surface area contributed by atoms with Gasteiger partial charge in [0, 0.05) is 13.0 Å². The SMILES string of the molecule is COC(=O)CCCCCCCNCl. The number of hydrogen-bond donors (Lipinski definition) is 1. The monoisotopic (exact) mass is 207 g/mol. The van der Waals surface area contributed by atoms with Gasteiger partial charge in [0.05, 0.1) is 7.11 Å². The zero-order valence-corrected chi connectivity index (χ0v) is 8.90. The van der Waals surface area contributed by atoms with Crippen molar-refractivity contribution in [3.05, 3.63) is 0 Å². The molecule has 0 aromatic rings. The van der Waals surface area contributed by atoms with E-state index >= 15 is 0 Å². The summed E-state index contributed by atoms with van der Waals surface area (Å²) in [4.78, 5) is 13.3. The quantitative estimate of drug-likeness (QED) is 0.377. The number of unbranched alkanes of at least 4 members (excludes halogenated alkanes) is 4. The van der Waals surface area contributed by atoms with Gasteiger partial charge in [0.2, 0.25) is 0 Å². The second kappa shape index (κ2) is 9.81. The first-order valence-electron chi connectivity index (χ1n) is 4.71. The Labute approximate surface area is 84.9 Å². The fourth-order valence-corrected chi connectivity index (χ4v) is 1.23. The van der Waals surface area contributed by atoms with E-state index in [0.29, 0.717) is 6.42 Å². The Morgan fingerprint density at radius 3 is 2.46 bits per heavy atom. The Morgan fingerprint density at radius 2 is 1.85 bits per heavy atom. The second-order valence-corrected chi connectivity index (χ2v) is 3.24. The van der Waals surface area contributed by atoms with Crippen molar-refractivity contribution in [2.75, 3.05) is 13.7 Å². The van der Waals surface area contributed by atoms with Crippen LogP contribution in [-0.4, -0.2) is 19.6 Å². The number of halogens is 1. The van der Waals surface area contributed by atoms with Crippen molar-refractivity contribution >= 4 is 17.7 Å². The smallest absolute Gasteiger partial charge is 0.305 e. The molecular formula is C9H18ClNO2. The molecule has 0 aromatic carbocycles. The van der Waals surface area contributed by atoms with Crippen molar-refractivity contribution < 1.29 is 9.53 Å². The molecule has 0 unspecified atom stereocenters. The highest BCUT2D eigenvalue weighted by Crippen LogP contribution is 2.05. The zero-order chi connectivity index (χ0) is 9.94. The van der Waals surface area contributed by atoms with E-state index in [9.17, 15) is 4.79 Å². The summed E-state index contributed by atoms with van der Waals surface area (Å²) in [5, 5.41) is 0. The average Bonchev–Trinajstić information content (AvgIpc) is 2.16. The lowest BCUT2D eigenvalue weighted by Gasteiger charge is -2.00. The van der Waals surface area contributed by atoms with Crippen molar-refractivity contribution in [2.45, 2.75) is 38.5 Å². The fraction of sp³-hybridized carbons (Fsp3) is 0.889.